The first kappa shape index (κ1) is 29.4. The molecule has 0 aromatic heterocycles. The number of carbonyl (C=O) groups excluding carboxylic acids is 3. The molecule has 0 fully saturated rings. The predicted octanol–water partition coefficient (Wildman–Crippen LogP) is 3.86. The zero-order valence-electron chi connectivity index (χ0n) is 18.6. The summed E-state index contributed by atoms with van der Waals surface area (Å²) in [4.78, 5) is 36.3. The highest BCUT2D eigenvalue weighted by Gasteiger charge is 2.18. The summed E-state index contributed by atoms with van der Waals surface area (Å²) < 4.78 is 0. The second kappa shape index (κ2) is 19.9. The Morgan fingerprint density at radius 2 is 1.59 bits per heavy atom. The van der Waals surface area contributed by atoms with Crippen molar-refractivity contribution in [1.82, 2.24) is 15.1 Å². The Balaban J connectivity index is -0.00000134. The first-order valence-electron chi connectivity index (χ1n) is 9.56. The van der Waals surface area contributed by atoms with Gasteiger partial charge in [-0.1, -0.05) is 45.9 Å². The number of carbonyl (C=O) groups is 3. The third-order valence-electron chi connectivity index (χ3n) is 3.57. The van der Waals surface area contributed by atoms with Crippen LogP contribution in [0.25, 0.3) is 0 Å². The van der Waals surface area contributed by atoms with Gasteiger partial charge in [0.25, 0.3) is 0 Å². The van der Waals surface area contributed by atoms with Crippen molar-refractivity contribution < 1.29 is 14.4 Å². The molecule has 0 aromatic rings. The summed E-state index contributed by atoms with van der Waals surface area (Å²) in [5, 5.41) is 2.13. The van der Waals surface area contributed by atoms with Crippen LogP contribution in [0, 0.1) is 0 Å². The number of likely N-dealkylation sites (N-methyl/N-ethyl adjacent to an activating group) is 2. The molecule has 6 nitrogen and oxygen atoms in total. The number of allylic oxidation sites excluding steroid dienone is 4. The molecular weight excluding hydrogens is 342 g/mol. The van der Waals surface area contributed by atoms with Gasteiger partial charge in [-0.25, -0.2) is 0 Å². The van der Waals surface area contributed by atoms with Crippen molar-refractivity contribution in [3.05, 3.63) is 35.7 Å². The Morgan fingerprint density at radius 1 is 1.04 bits per heavy atom. The van der Waals surface area contributed by atoms with Crippen molar-refractivity contribution in [2.45, 2.75) is 67.3 Å². The van der Waals surface area contributed by atoms with E-state index in [4.69, 9.17) is 0 Å². The molecule has 0 aliphatic carbocycles. The Hall–Kier alpha value is -2.37. The zero-order valence-corrected chi connectivity index (χ0v) is 18.6. The van der Waals surface area contributed by atoms with E-state index in [1.165, 1.54) is 4.90 Å². The maximum absolute atomic E-state index is 11.4. The Bertz CT molecular complexity index is 497. The van der Waals surface area contributed by atoms with E-state index >= 15 is 0 Å². The summed E-state index contributed by atoms with van der Waals surface area (Å²) in [5.41, 5.74) is 1.66. The van der Waals surface area contributed by atoms with Crippen LogP contribution in [0.1, 0.15) is 61.3 Å². The van der Waals surface area contributed by atoms with Crippen molar-refractivity contribution in [2.24, 2.45) is 0 Å². The van der Waals surface area contributed by atoms with Gasteiger partial charge in [0.15, 0.2) is 0 Å². The maximum atomic E-state index is 11.4. The van der Waals surface area contributed by atoms with Crippen molar-refractivity contribution >= 4 is 18.7 Å². The molecule has 156 valence electrons. The normalized spacial score (nSPS) is 12.0. The number of nitrogens with one attached hydrogen (secondary N) is 1. The number of hydrogen-bond acceptors (Lipinski definition) is 4. The molecular formula is C21H39N3O3. The molecule has 0 bridgehead atoms. The van der Waals surface area contributed by atoms with Gasteiger partial charge in [0.1, 0.15) is 0 Å². The van der Waals surface area contributed by atoms with Crippen molar-refractivity contribution in [3.8, 4) is 0 Å². The van der Waals surface area contributed by atoms with Crippen molar-refractivity contribution in [1.29, 1.82) is 0 Å². The van der Waals surface area contributed by atoms with Crippen LogP contribution in [0.4, 0.5) is 0 Å². The number of amides is 3. The van der Waals surface area contributed by atoms with E-state index in [0.717, 1.165) is 17.8 Å². The smallest absolute Gasteiger partial charge is 0.226 e. The number of rotatable bonds is 10. The van der Waals surface area contributed by atoms with Gasteiger partial charge in [-0.15, -0.1) is 0 Å². The highest BCUT2D eigenvalue weighted by molar-refractivity contribution is 5.85. The highest BCUT2D eigenvalue weighted by atomic mass is 16.2. The number of nitrogens with zero attached hydrogens (tertiary/aromatic N) is 2. The van der Waals surface area contributed by atoms with Gasteiger partial charge in [-0.3, -0.25) is 19.7 Å². The van der Waals surface area contributed by atoms with Gasteiger partial charge in [0, 0.05) is 26.6 Å². The van der Waals surface area contributed by atoms with E-state index in [0.29, 0.717) is 12.8 Å². The fraction of sp³-hybridized carbons (Fsp3) is 0.571. The summed E-state index contributed by atoms with van der Waals surface area (Å²) in [7, 11) is 3.61. The molecule has 0 spiro atoms. The standard InChI is InChI=1S/C17H27N3O3.2C2H6/c1-6-8-9-16(15(7-2)19(4)13-22)20(5)14(3)10-11-17(23)18-12-21;2*1-2/h6-9,12-14H,10-11H2,1-5H3,(H,18,21,23);2*1-2H3/b8-6-,15-7+,16-9+;;. The molecule has 3 amide bonds. The lowest BCUT2D eigenvalue weighted by atomic mass is 10.1. The van der Waals surface area contributed by atoms with E-state index in [2.05, 4.69) is 5.32 Å². The maximum Gasteiger partial charge on any atom is 0.226 e. The van der Waals surface area contributed by atoms with Gasteiger partial charge in [-0.2, -0.15) is 0 Å². The zero-order chi connectivity index (χ0) is 21.8. The monoisotopic (exact) mass is 381 g/mol. The average Bonchev–Trinajstić information content (AvgIpc) is 2.71. The van der Waals surface area contributed by atoms with Gasteiger partial charge < -0.3 is 9.80 Å². The minimum absolute atomic E-state index is 0.0545. The molecule has 0 radical (unpaired) electrons. The fourth-order valence-corrected chi connectivity index (χ4v) is 2.07. The minimum atomic E-state index is -0.296. The topological polar surface area (TPSA) is 69.7 Å². The van der Waals surface area contributed by atoms with Gasteiger partial charge in [0.2, 0.25) is 18.7 Å². The second-order valence-electron chi connectivity index (χ2n) is 5.15. The Labute approximate surface area is 166 Å². The van der Waals surface area contributed by atoms with Crippen LogP contribution in [0.15, 0.2) is 35.7 Å². The Kier molecular flexibility index (Phi) is 21.7. The Morgan fingerprint density at radius 3 is 2.00 bits per heavy atom. The van der Waals surface area contributed by atoms with Crippen LogP contribution in [0.2, 0.25) is 0 Å². The molecule has 1 unspecified atom stereocenters. The third-order valence-corrected chi connectivity index (χ3v) is 3.57. The molecule has 1 atom stereocenters. The van der Waals surface area contributed by atoms with Crippen LogP contribution in [0.3, 0.4) is 0 Å². The van der Waals surface area contributed by atoms with Crippen LogP contribution < -0.4 is 5.32 Å². The highest BCUT2D eigenvalue weighted by Crippen LogP contribution is 2.20. The van der Waals surface area contributed by atoms with Crippen molar-refractivity contribution in [3.63, 3.8) is 0 Å². The molecule has 0 aromatic carbocycles. The van der Waals surface area contributed by atoms with E-state index < -0.39 is 0 Å². The fourth-order valence-electron chi connectivity index (χ4n) is 2.07. The summed E-state index contributed by atoms with van der Waals surface area (Å²) in [6.45, 7) is 13.8. The van der Waals surface area contributed by atoms with Gasteiger partial charge in [-0.05, 0) is 33.3 Å². The molecule has 0 saturated heterocycles. The van der Waals surface area contributed by atoms with Crippen LogP contribution in [0.5, 0.6) is 0 Å². The SMILES string of the molecule is CC.CC.C\C=C/C=C(\C(=C/C)N(C)C=O)N(C)C(C)CCC(=O)NC=O. The number of imide groups is 1. The minimum Gasteiger partial charge on any atom is -0.370 e. The summed E-state index contributed by atoms with van der Waals surface area (Å²) in [6.07, 6.45) is 9.61. The molecule has 0 rings (SSSR count). The lowest BCUT2D eigenvalue weighted by Gasteiger charge is -2.32. The van der Waals surface area contributed by atoms with Gasteiger partial charge >= 0.3 is 0 Å². The summed E-state index contributed by atoms with van der Waals surface area (Å²) in [5.74, 6) is -0.296. The molecule has 6 heteroatoms. The second-order valence-corrected chi connectivity index (χ2v) is 5.15. The average molecular weight is 382 g/mol. The lowest BCUT2D eigenvalue weighted by molar-refractivity contribution is -0.125. The van der Waals surface area contributed by atoms with E-state index in [-0.39, 0.29) is 18.4 Å². The first-order valence-corrected chi connectivity index (χ1v) is 9.56. The quantitative estimate of drug-likeness (QED) is 0.461. The number of hydrogen-bond donors (Lipinski definition) is 1. The molecule has 0 saturated carbocycles. The molecule has 27 heavy (non-hydrogen) atoms. The van der Waals surface area contributed by atoms with E-state index in [1.54, 1.807) is 7.05 Å². The van der Waals surface area contributed by atoms with E-state index in [1.807, 2.05) is 84.7 Å². The summed E-state index contributed by atoms with van der Waals surface area (Å²) >= 11 is 0. The molecule has 1 N–H and O–H groups in total. The molecule has 0 aliphatic heterocycles. The third kappa shape index (κ3) is 12.6. The first-order chi connectivity index (χ1) is 12.9. The summed E-state index contributed by atoms with van der Waals surface area (Å²) in [6, 6.07) is 0.0545. The van der Waals surface area contributed by atoms with Crippen LogP contribution in [-0.4, -0.2) is 48.7 Å². The molecule has 0 heterocycles. The van der Waals surface area contributed by atoms with Crippen LogP contribution >= 0.6 is 0 Å². The van der Waals surface area contributed by atoms with Crippen LogP contribution in [-0.2, 0) is 14.4 Å². The lowest BCUT2D eigenvalue weighted by Crippen LogP contribution is -2.34. The predicted molar refractivity (Wildman–Crippen MR) is 114 cm³/mol. The van der Waals surface area contributed by atoms with E-state index in [9.17, 15) is 14.4 Å². The van der Waals surface area contributed by atoms with Crippen molar-refractivity contribution in [2.75, 3.05) is 14.1 Å². The molecule has 0 aliphatic rings. The largest absolute Gasteiger partial charge is 0.370 e. The van der Waals surface area contributed by atoms with Gasteiger partial charge in [0.05, 0.1) is 11.4 Å².